The van der Waals surface area contributed by atoms with Crippen molar-refractivity contribution in [2.75, 3.05) is 13.2 Å². The maximum absolute atomic E-state index is 11.7. The molecule has 4 nitrogen and oxygen atoms in total. The van der Waals surface area contributed by atoms with E-state index in [1.165, 1.54) is 29.8 Å². The molecule has 0 radical (unpaired) electrons. The Bertz CT molecular complexity index is 466. The van der Waals surface area contributed by atoms with Gasteiger partial charge in [0.25, 0.3) is 0 Å². The number of hydrogen-bond donors (Lipinski definition) is 0. The average Bonchev–Trinajstić information content (AvgIpc) is 2.51. The standard InChI is InChI=1S/C14H14O4.C2H3Cl/c1-3-9-17-13(15)11-7-5-6-8-12(11)14(16)18-10-4-2;1-2-3/h3-8H,1-2,9-10H2;2H,1H2. The van der Waals surface area contributed by atoms with Gasteiger partial charge in [-0.3, -0.25) is 0 Å². The number of esters is 2. The van der Waals surface area contributed by atoms with Crippen molar-refractivity contribution in [1.82, 2.24) is 0 Å². The minimum atomic E-state index is -0.582. The van der Waals surface area contributed by atoms with Crippen LogP contribution in [0.15, 0.2) is 61.7 Å². The molecule has 0 unspecified atom stereocenters. The first-order valence-electron chi connectivity index (χ1n) is 5.98. The molecule has 21 heavy (non-hydrogen) atoms. The molecule has 0 bridgehead atoms. The van der Waals surface area contributed by atoms with Gasteiger partial charge in [0.15, 0.2) is 0 Å². The highest BCUT2D eigenvalue weighted by molar-refractivity contribution is 6.25. The number of carbonyl (C=O) groups is 2. The van der Waals surface area contributed by atoms with Crippen molar-refractivity contribution in [2.24, 2.45) is 0 Å². The molecule has 5 heteroatoms. The van der Waals surface area contributed by atoms with Crippen LogP contribution >= 0.6 is 11.6 Å². The molecule has 0 aromatic heterocycles. The maximum atomic E-state index is 11.7. The van der Waals surface area contributed by atoms with Crippen LogP contribution in [0.3, 0.4) is 0 Å². The minimum Gasteiger partial charge on any atom is -0.458 e. The lowest BCUT2D eigenvalue weighted by molar-refractivity contribution is 0.0503. The van der Waals surface area contributed by atoms with E-state index >= 15 is 0 Å². The molecule has 1 rings (SSSR count). The molecule has 112 valence electrons. The molecule has 0 heterocycles. The number of ether oxygens (including phenoxy) is 2. The van der Waals surface area contributed by atoms with Crippen LogP contribution in [-0.4, -0.2) is 25.2 Å². The first-order chi connectivity index (χ1) is 10.1. The van der Waals surface area contributed by atoms with E-state index in [0.717, 1.165) is 0 Å². The quantitative estimate of drug-likeness (QED) is 0.593. The van der Waals surface area contributed by atoms with Crippen molar-refractivity contribution < 1.29 is 19.1 Å². The summed E-state index contributed by atoms with van der Waals surface area (Å²) in [6, 6.07) is 6.31. The third kappa shape index (κ3) is 7.13. The molecule has 1 aromatic carbocycles. The molecule has 0 aliphatic heterocycles. The van der Waals surface area contributed by atoms with E-state index in [-0.39, 0.29) is 24.3 Å². The summed E-state index contributed by atoms with van der Waals surface area (Å²) in [7, 11) is 0. The fourth-order valence-electron chi connectivity index (χ4n) is 1.26. The molecule has 0 fully saturated rings. The summed E-state index contributed by atoms with van der Waals surface area (Å²) in [6.45, 7) is 10.2. The predicted octanol–water partition coefficient (Wildman–Crippen LogP) is 3.74. The zero-order chi connectivity index (χ0) is 16.1. The van der Waals surface area contributed by atoms with Crippen LogP contribution in [0, 0.1) is 0 Å². The third-order valence-corrected chi connectivity index (χ3v) is 2.03. The van der Waals surface area contributed by atoms with Gasteiger partial charge in [0, 0.05) is 0 Å². The lowest BCUT2D eigenvalue weighted by atomic mass is 10.1. The number of hydrogen-bond acceptors (Lipinski definition) is 4. The van der Waals surface area contributed by atoms with Crippen LogP contribution in [0.25, 0.3) is 0 Å². The molecule has 0 saturated carbocycles. The Balaban J connectivity index is 0.00000122. The molecule has 0 spiro atoms. The summed E-state index contributed by atoms with van der Waals surface area (Å²) in [5, 5.41) is 0. The van der Waals surface area contributed by atoms with Gasteiger partial charge in [0.2, 0.25) is 0 Å². The zero-order valence-electron chi connectivity index (χ0n) is 11.6. The van der Waals surface area contributed by atoms with E-state index < -0.39 is 11.9 Å². The Morgan fingerprint density at radius 2 is 1.29 bits per heavy atom. The second kappa shape index (κ2) is 11.5. The molecule has 1 aromatic rings. The van der Waals surface area contributed by atoms with Gasteiger partial charge in [-0.1, -0.05) is 55.6 Å². The van der Waals surface area contributed by atoms with Crippen molar-refractivity contribution >= 4 is 23.5 Å². The van der Waals surface area contributed by atoms with Crippen molar-refractivity contribution in [3.63, 3.8) is 0 Å². The molecule has 0 amide bonds. The predicted molar refractivity (Wildman–Crippen MR) is 83.5 cm³/mol. The molecular formula is C16H17ClO4. The number of carbonyl (C=O) groups excluding carboxylic acids is 2. The summed E-state index contributed by atoms with van der Waals surface area (Å²) < 4.78 is 9.78. The molecule has 0 aliphatic rings. The van der Waals surface area contributed by atoms with Crippen molar-refractivity contribution in [1.29, 1.82) is 0 Å². The molecule has 0 N–H and O–H groups in total. The van der Waals surface area contributed by atoms with Crippen LogP contribution in [-0.2, 0) is 9.47 Å². The second-order valence-electron chi connectivity index (χ2n) is 3.47. The SMILES string of the molecule is C=CCOC(=O)c1ccccc1C(=O)OCC=C.C=CCl. The van der Waals surface area contributed by atoms with Gasteiger partial charge in [0.05, 0.1) is 11.1 Å². The van der Waals surface area contributed by atoms with E-state index in [0.29, 0.717) is 0 Å². The first-order valence-corrected chi connectivity index (χ1v) is 6.42. The van der Waals surface area contributed by atoms with Gasteiger partial charge < -0.3 is 9.47 Å². The molecule has 0 aliphatic carbocycles. The average molecular weight is 309 g/mol. The maximum Gasteiger partial charge on any atom is 0.339 e. The minimum absolute atomic E-state index is 0.0921. The normalized spacial score (nSPS) is 8.62. The largest absolute Gasteiger partial charge is 0.458 e. The lowest BCUT2D eigenvalue weighted by Gasteiger charge is -2.07. The Morgan fingerprint density at radius 3 is 1.57 bits per heavy atom. The molecular weight excluding hydrogens is 292 g/mol. The summed E-state index contributed by atoms with van der Waals surface area (Å²) in [5.41, 5.74) is 1.57. The fraction of sp³-hybridized carbons (Fsp3) is 0.125. The smallest absolute Gasteiger partial charge is 0.339 e. The van der Waals surface area contributed by atoms with E-state index in [2.05, 4.69) is 19.7 Å². The topological polar surface area (TPSA) is 52.6 Å². The Morgan fingerprint density at radius 1 is 0.952 bits per heavy atom. The summed E-state index contributed by atoms with van der Waals surface area (Å²) >= 11 is 4.76. The van der Waals surface area contributed by atoms with Crippen LogP contribution in [0.2, 0.25) is 0 Å². The Labute approximate surface area is 129 Å². The number of rotatable bonds is 6. The van der Waals surface area contributed by atoms with Gasteiger partial charge in [-0.15, -0.1) is 0 Å². The van der Waals surface area contributed by atoms with E-state index in [4.69, 9.17) is 21.1 Å². The number of halogens is 1. The zero-order valence-corrected chi connectivity index (χ0v) is 12.3. The van der Waals surface area contributed by atoms with Gasteiger partial charge in [-0.2, -0.15) is 0 Å². The van der Waals surface area contributed by atoms with Crippen LogP contribution in [0.4, 0.5) is 0 Å². The number of benzene rings is 1. The van der Waals surface area contributed by atoms with E-state index in [1.807, 2.05) is 0 Å². The monoisotopic (exact) mass is 308 g/mol. The van der Waals surface area contributed by atoms with Crippen molar-refractivity contribution in [3.8, 4) is 0 Å². The van der Waals surface area contributed by atoms with Crippen LogP contribution in [0.1, 0.15) is 20.7 Å². The summed E-state index contributed by atoms with van der Waals surface area (Å²) in [6.07, 6.45) is 2.91. The van der Waals surface area contributed by atoms with Crippen molar-refractivity contribution in [3.05, 3.63) is 72.8 Å². The van der Waals surface area contributed by atoms with Crippen molar-refractivity contribution in [2.45, 2.75) is 0 Å². The van der Waals surface area contributed by atoms with Crippen LogP contribution in [0.5, 0.6) is 0 Å². The highest BCUT2D eigenvalue weighted by atomic mass is 35.5. The second-order valence-corrected chi connectivity index (χ2v) is 3.78. The summed E-state index contributed by atoms with van der Waals surface area (Å²) in [5.74, 6) is -1.16. The Hall–Kier alpha value is -2.33. The highest BCUT2D eigenvalue weighted by Crippen LogP contribution is 2.12. The first kappa shape index (κ1) is 18.7. The summed E-state index contributed by atoms with van der Waals surface area (Å²) in [4.78, 5) is 23.4. The fourth-order valence-corrected chi connectivity index (χ4v) is 1.26. The Kier molecular flexibility index (Phi) is 10.2. The van der Waals surface area contributed by atoms with Crippen LogP contribution < -0.4 is 0 Å². The van der Waals surface area contributed by atoms with Gasteiger partial charge in [0.1, 0.15) is 13.2 Å². The van der Waals surface area contributed by atoms with Gasteiger partial charge in [-0.05, 0) is 17.7 Å². The third-order valence-electron chi connectivity index (χ3n) is 2.03. The molecule has 0 saturated heterocycles. The van der Waals surface area contributed by atoms with Gasteiger partial charge in [-0.25, -0.2) is 9.59 Å². The molecule has 0 atom stereocenters. The van der Waals surface area contributed by atoms with Gasteiger partial charge >= 0.3 is 11.9 Å². The van der Waals surface area contributed by atoms with E-state index in [9.17, 15) is 9.59 Å². The lowest BCUT2D eigenvalue weighted by Crippen LogP contribution is -2.14. The highest BCUT2D eigenvalue weighted by Gasteiger charge is 2.18. The van der Waals surface area contributed by atoms with E-state index in [1.54, 1.807) is 12.1 Å².